The third-order valence-electron chi connectivity index (χ3n) is 2.49. The Hall–Kier alpha value is -1.88. The highest BCUT2D eigenvalue weighted by Gasteiger charge is 2.17. The number of hydrogen-bond acceptors (Lipinski definition) is 4. The maximum absolute atomic E-state index is 10.1. The summed E-state index contributed by atoms with van der Waals surface area (Å²) in [5, 5.41) is 20.9. The second kappa shape index (κ2) is 4.32. The third kappa shape index (κ3) is 1.77. The lowest BCUT2D eigenvalue weighted by Gasteiger charge is -2.10. The van der Waals surface area contributed by atoms with Crippen molar-refractivity contribution in [1.29, 1.82) is 0 Å². The van der Waals surface area contributed by atoms with Crippen molar-refractivity contribution in [2.24, 2.45) is 7.05 Å². The van der Waals surface area contributed by atoms with Crippen LogP contribution in [0.15, 0.2) is 30.3 Å². The molecule has 1 aromatic heterocycles. The summed E-state index contributed by atoms with van der Waals surface area (Å²) < 4.78 is 1.73. The van der Waals surface area contributed by atoms with E-state index in [1.165, 1.54) is 0 Å². The number of aliphatic hydroxyl groups is 1. The molecular formula is C11H14N4O. The normalized spacial score (nSPS) is 12.4. The first-order chi connectivity index (χ1) is 7.74. The number of hydrogen-bond donors (Lipinski definition) is 2. The predicted octanol–water partition coefficient (Wildman–Crippen LogP) is 0.938. The second-order valence-electron chi connectivity index (χ2n) is 3.50. The van der Waals surface area contributed by atoms with E-state index >= 15 is 0 Å². The van der Waals surface area contributed by atoms with E-state index < -0.39 is 6.10 Å². The summed E-state index contributed by atoms with van der Waals surface area (Å²) in [5.74, 6) is 1.15. The second-order valence-corrected chi connectivity index (χ2v) is 3.50. The molecule has 16 heavy (non-hydrogen) atoms. The van der Waals surface area contributed by atoms with Gasteiger partial charge in [0, 0.05) is 14.1 Å². The van der Waals surface area contributed by atoms with Crippen LogP contribution in [0.5, 0.6) is 0 Å². The molecule has 2 rings (SSSR count). The van der Waals surface area contributed by atoms with Crippen LogP contribution in [-0.2, 0) is 7.05 Å². The fourth-order valence-electron chi connectivity index (χ4n) is 1.58. The van der Waals surface area contributed by atoms with Crippen molar-refractivity contribution in [2.75, 3.05) is 12.4 Å². The summed E-state index contributed by atoms with van der Waals surface area (Å²) in [4.78, 5) is 0. The van der Waals surface area contributed by atoms with Crippen LogP contribution in [0.4, 0.5) is 5.95 Å². The zero-order valence-corrected chi connectivity index (χ0v) is 9.25. The fourth-order valence-corrected chi connectivity index (χ4v) is 1.58. The molecule has 0 radical (unpaired) electrons. The lowest BCUT2D eigenvalue weighted by Crippen LogP contribution is -2.08. The Bertz CT molecular complexity index is 466. The molecule has 0 aliphatic rings. The monoisotopic (exact) mass is 218 g/mol. The molecule has 0 aliphatic heterocycles. The Morgan fingerprint density at radius 1 is 1.25 bits per heavy atom. The van der Waals surface area contributed by atoms with Crippen molar-refractivity contribution in [1.82, 2.24) is 14.8 Å². The molecule has 5 heteroatoms. The molecular weight excluding hydrogens is 204 g/mol. The largest absolute Gasteiger partial charge is 0.380 e. The predicted molar refractivity (Wildman–Crippen MR) is 61.1 cm³/mol. The molecule has 5 nitrogen and oxygen atoms in total. The van der Waals surface area contributed by atoms with Crippen molar-refractivity contribution in [2.45, 2.75) is 6.10 Å². The number of rotatable bonds is 3. The number of aromatic nitrogens is 3. The Kier molecular flexibility index (Phi) is 2.87. The van der Waals surface area contributed by atoms with Crippen LogP contribution in [0.1, 0.15) is 17.5 Å². The minimum atomic E-state index is -0.749. The quantitative estimate of drug-likeness (QED) is 0.804. The molecule has 0 fully saturated rings. The zero-order valence-electron chi connectivity index (χ0n) is 9.25. The Balaban J connectivity index is 2.34. The minimum absolute atomic E-state index is 0.524. The van der Waals surface area contributed by atoms with E-state index in [9.17, 15) is 5.11 Å². The summed E-state index contributed by atoms with van der Waals surface area (Å²) in [6.45, 7) is 0. The van der Waals surface area contributed by atoms with E-state index in [-0.39, 0.29) is 0 Å². The molecule has 1 aromatic carbocycles. The number of nitrogens with zero attached hydrogens (tertiary/aromatic N) is 3. The van der Waals surface area contributed by atoms with Gasteiger partial charge >= 0.3 is 0 Å². The van der Waals surface area contributed by atoms with Gasteiger partial charge in [0.1, 0.15) is 6.10 Å². The topological polar surface area (TPSA) is 63.0 Å². The average molecular weight is 218 g/mol. The van der Waals surface area contributed by atoms with Gasteiger partial charge < -0.3 is 10.4 Å². The Morgan fingerprint density at radius 2 is 1.94 bits per heavy atom. The summed E-state index contributed by atoms with van der Waals surface area (Å²) >= 11 is 0. The van der Waals surface area contributed by atoms with E-state index in [1.807, 2.05) is 37.4 Å². The molecule has 0 aliphatic carbocycles. The smallest absolute Gasteiger partial charge is 0.224 e. The van der Waals surface area contributed by atoms with Crippen LogP contribution in [0, 0.1) is 0 Å². The van der Waals surface area contributed by atoms with Crippen LogP contribution in [0.3, 0.4) is 0 Å². The van der Waals surface area contributed by atoms with Crippen molar-refractivity contribution in [3.8, 4) is 0 Å². The van der Waals surface area contributed by atoms with Gasteiger partial charge in [0.15, 0.2) is 5.82 Å². The summed E-state index contributed by atoms with van der Waals surface area (Å²) in [7, 11) is 3.58. The van der Waals surface area contributed by atoms with Gasteiger partial charge in [0.25, 0.3) is 0 Å². The molecule has 2 aromatic rings. The number of benzene rings is 1. The van der Waals surface area contributed by atoms with Gasteiger partial charge in [-0.25, -0.2) is 0 Å². The molecule has 0 saturated carbocycles. The van der Waals surface area contributed by atoms with Crippen molar-refractivity contribution in [3.05, 3.63) is 41.7 Å². The minimum Gasteiger partial charge on any atom is -0.380 e. The standard InChI is InChI=1S/C11H14N4O/c1-12-11-14-13-10(15(11)2)9(16)8-6-4-3-5-7-8/h3-7,9,16H,1-2H3,(H,12,14). The molecule has 0 saturated heterocycles. The molecule has 2 N–H and O–H groups in total. The zero-order chi connectivity index (χ0) is 11.5. The first-order valence-electron chi connectivity index (χ1n) is 5.04. The van der Waals surface area contributed by atoms with E-state index in [0.29, 0.717) is 11.8 Å². The Labute approximate surface area is 93.8 Å². The van der Waals surface area contributed by atoms with E-state index in [4.69, 9.17) is 0 Å². The number of anilines is 1. The van der Waals surface area contributed by atoms with Gasteiger partial charge in [-0.1, -0.05) is 30.3 Å². The van der Waals surface area contributed by atoms with Gasteiger partial charge in [-0.3, -0.25) is 4.57 Å². The van der Waals surface area contributed by atoms with Crippen molar-refractivity contribution in [3.63, 3.8) is 0 Å². The lowest BCUT2D eigenvalue weighted by molar-refractivity contribution is 0.206. The van der Waals surface area contributed by atoms with Crippen LogP contribution >= 0.6 is 0 Å². The van der Waals surface area contributed by atoms with Crippen molar-refractivity contribution >= 4 is 5.95 Å². The van der Waals surface area contributed by atoms with Gasteiger partial charge in [0.05, 0.1) is 0 Å². The first kappa shape index (κ1) is 10.6. The van der Waals surface area contributed by atoms with Crippen LogP contribution in [0.2, 0.25) is 0 Å². The SMILES string of the molecule is CNc1nnc(C(O)c2ccccc2)n1C. The highest BCUT2D eigenvalue weighted by molar-refractivity contribution is 5.28. The van der Waals surface area contributed by atoms with Gasteiger partial charge in [-0.15, -0.1) is 10.2 Å². The molecule has 84 valence electrons. The summed E-state index contributed by atoms with van der Waals surface area (Å²) in [6.07, 6.45) is -0.749. The van der Waals surface area contributed by atoms with Gasteiger partial charge in [-0.2, -0.15) is 0 Å². The highest BCUT2D eigenvalue weighted by Crippen LogP contribution is 2.20. The molecule has 1 atom stereocenters. The Morgan fingerprint density at radius 3 is 2.50 bits per heavy atom. The van der Waals surface area contributed by atoms with E-state index in [1.54, 1.807) is 11.6 Å². The van der Waals surface area contributed by atoms with Crippen molar-refractivity contribution < 1.29 is 5.11 Å². The molecule has 0 spiro atoms. The van der Waals surface area contributed by atoms with E-state index in [2.05, 4.69) is 15.5 Å². The van der Waals surface area contributed by atoms with Gasteiger partial charge in [-0.05, 0) is 5.56 Å². The first-order valence-corrected chi connectivity index (χ1v) is 5.04. The number of nitrogens with one attached hydrogen (secondary N) is 1. The third-order valence-corrected chi connectivity index (χ3v) is 2.49. The summed E-state index contributed by atoms with van der Waals surface area (Å²) in [5.41, 5.74) is 0.806. The van der Waals surface area contributed by atoms with E-state index in [0.717, 1.165) is 5.56 Å². The maximum Gasteiger partial charge on any atom is 0.224 e. The fraction of sp³-hybridized carbons (Fsp3) is 0.273. The van der Waals surface area contributed by atoms with Crippen LogP contribution in [-0.4, -0.2) is 26.9 Å². The van der Waals surface area contributed by atoms with Crippen LogP contribution < -0.4 is 5.32 Å². The molecule has 1 heterocycles. The molecule has 1 unspecified atom stereocenters. The number of aliphatic hydroxyl groups excluding tert-OH is 1. The summed E-state index contributed by atoms with van der Waals surface area (Å²) in [6, 6.07) is 9.39. The average Bonchev–Trinajstić information content (AvgIpc) is 2.70. The molecule has 0 amide bonds. The lowest BCUT2D eigenvalue weighted by atomic mass is 10.1. The van der Waals surface area contributed by atoms with Crippen LogP contribution in [0.25, 0.3) is 0 Å². The van der Waals surface area contributed by atoms with Gasteiger partial charge in [0.2, 0.25) is 5.95 Å². The highest BCUT2D eigenvalue weighted by atomic mass is 16.3. The molecule has 0 bridgehead atoms. The maximum atomic E-state index is 10.1.